The number of carbonyl (C=O) groups excluding carboxylic acids is 1. The van der Waals surface area contributed by atoms with Gasteiger partial charge in [-0.15, -0.1) is 0 Å². The first-order valence-electron chi connectivity index (χ1n) is 8.68. The fraction of sp³-hybridized carbons (Fsp3) is 0.474. The van der Waals surface area contributed by atoms with E-state index in [1.165, 1.54) is 18.4 Å². The first-order valence-corrected chi connectivity index (χ1v) is 8.68. The quantitative estimate of drug-likeness (QED) is 0.849. The number of nitrogens with zero attached hydrogens (tertiary/aromatic N) is 2. The van der Waals surface area contributed by atoms with Crippen LogP contribution in [0.4, 0.5) is 0 Å². The number of amides is 1. The van der Waals surface area contributed by atoms with Crippen molar-refractivity contribution in [2.24, 2.45) is 5.92 Å². The van der Waals surface area contributed by atoms with E-state index in [9.17, 15) is 4.79 Å². The van der Waals surface area contributed by atoms with Gasteiger partial charge in [-0.1, -0.05) is 0 Å². The summed E-state index contributed by atoms with van der Waals surface area (Å²) in [6, 6.07) is 5.94. The van der Waals surface area contributed by atoms with E-state index in [4.69, 9.17) is 4.42 Å². The van der Waals surface area contributed by atoms with Crippen molar-refractivity contribution in [2.45, 2.75) is 32.2 Å². The smallest absolute Gasteiger partial charge is 0.220 e. The van der Waals surface area contributed by atoms with Gasteiger partial charge < -0.3 is 9.73 Å². The van der Waals surface area contributed by atoms with E-state index in [2.05, 4.69) is 15.2 Å². The molecule has 2 aromatic heterocycles. The van der Waals surface area contributed by atoms with Crippen molar-refractivity contribution < 1.29 is 9.21 Å². The molecule has 0 spiro atoms. The highest BCUT2D eigenvalue weighted by Crippen LogP contribution is 2.18. The van der Waals surface area contributed by atoms with E-state index < -0.39 is 0 Å². The third-order valence-electron chi connectivity index (χ3n) is 4.57. The number of hydrogen-bond donors (Lipinski definition) is 1. The molecule has 1 atom stereocenters. The van der Waals surface area contributed by atoms with Crippen molar-refractivity contribution in [3.05, 3.63) is 54.2 Å². The number of nitrogens with one attached hydrogen (secondary N) is 1. The lowest BCUT2D eigenvalue weighted by atomic mass is 9.97. The number of aryl methyl sites for hydroxylation is 1. The van der Waals surface area contributed by atoms with Crippen LogP contribution in [0.3, 0.4) is 0 Å². The maximum atomic E-state index is 12.0. The van der Waals surface area contributed by atoms with Gasteiger partial charge in [-0.2, -0.15) is 0 Å². The molecular formula is C19H25N3O2. The van der Waals surface area contributed by atoms with E-state index in [1.54, 1.807) is 18.7 Å². The maximum Gasteiger partial charge on any atom is 0.220 e. The standard InChI is InChI=1S/C19H25N3O2/c23-19(4-3-16-5-8-20-9-6-16)21-12-17-2-1-10-22(13-17)14-18-7-11-24-15-18/h5-9,11,15,17H,1-4,10,12-14H2,(H,21,23). The largest absolute Gasteiger partial charge is 0.472 e. The Morgan fingerprint density at radius 2 is 2.17 bits per heavy atom. The maximum absolute atomic E-state index is 12.0. The van der Waals surface area contributed by atoms with Crippen LogP contribution in [0.2, 0.25) is 0 Å². The van der Waals surface area contributed by atoms with E-state index >= 15 is 0 Å². The van der Waals surface area contributed by atoms with E-state index in [-0.39, 0.29) is 5.91 Å². The monoisotopic (exact) mass is 327 g/mol. The van der Waals surface area contributed by atoms with Gasteiger partial charge in [-0.3, -0.25) is 14.7 Å². The first-order chi connectivity index (χ1) is 11.8. The molecule has 5 heteroatoms. The minimum atomic E-state index is 0.138. The lowest BCUT2D eigenvalue weighted by Gasteiger charge is -2.32. The van der Waals surface area contributed by atoms with Crippen LogP contribution in [0.5, 0.6) is 0 Å². The number of pyridine rings is 1. The van der Waals surface area contributed by atoms with Gasteiger partial charge in [0.1, 0.15) is 0 Å². The Labute approximate surface area is 143 Å². The third kappa shape index (κ3) is 5.20. The summed E-state index contributed by atoms with van der Waals surface area (Å²) in [5.41, 5.74) is 2.38. The molecule has 1 saturated heterocycles. The van der Waals surface area contributed by atoms with Gasteiger partial charge in [-0.25, -0.2) is 0 Å². The van der Waals surface area contributed by atoms with Gasteiger partial charge in [0.05, 0.1) is 12.5 Å². The zero-order valence-corrected chi connectivity index (χ0v) is 14.0. The van der Waals surface area contributed by atoms with Crippen LogP contribution < -0.4 is 5.32 Å². The van der Waals surface area contributed by atoms with Gasteiger partial charge in [0, 0.05) is 44.0 Å². The third-order valence-corrected chi connectivity index (χ3v) is 4.57. The van der Waals surface area contributed by atoms with Crippen molar-refractivity contribution in [3.8, 4) is 0 Å². The van der Waals surface area contributed by atoms with Gasteiger partial charge in [0.25, 0.3) is 0 Å². The van der Waals surface area contributed by atoms with Crippen LogP contribution in [0.25, 0.3) is 0 Å². The van der Waals surface area contributed by atoms with E-state index in [0.717, 1.165) is 38.2 Å². The van der Waals surface area contributed by atoms with Gasteiger partial charge in [-0.05, 0) is 55.5 Å². The Kier molecular flexibility index (Phi) is 6.01. The zero-order chi connectivity index (χ0) is 16.6. The lowest BCUT2D eigenvalue weighted by Crippen LogP contribution is -2.40. The van der Waals surface area contributed by atoms with Crippen molar-refractivity contribution in [3.63, 3.8) is 0 Å². The normalized spacial score (nSPS) is 18.4. The predicted molar refractivity (Wildman–Crippen MR) is 92.3 cm³/mol. The number of rotatable bonds is 7. The van der Waals surface area contributed by atoms with Crippen LogP contribution >= 0.6 is 0 Å². The SMILES string of the molecule is O=C(CCc1ccncc1)NCC1CCCN(Cc2ccoc2)C1. The summed E-state index contributed by atoms with van der Waals surface area (Å²) in [4.78, 5) is 18.5. The molecule has 1 N–H and O–H groups in total. The topological polar surface area (TPSA) is 58.4 Å². The average Bonchev–Trinajstić information content (AvgIpc) is 3.12. The Morgan fingerprint density at radius 3 is 2.96 bits per heavy atom. The number of piperidine rings is 1. The summed E-state index contributed by atoms with van der Waals surface area (Å²) in [6.07, 6.45) is 10.8. The molecular weight excluding hydrogens is 302 g/mol. The van der Waals surface area contributed by atoms with Crippen LogP contribution in [0, 0.1) is 5.92 Å². The van der Waals surface area contributed by atoms with Crippen molar-refractivity contribution in [1.82, 2.24) is 15.2 Å². The summed E-state index contributed by atoms with van der Waals surface area (Å²) in [5.74, 6) is 0.675. The highest BCUT2D eigenvalue weighted by Gasteiger charge is 2.20. The Morgan fingerprint density at radius 1 is 1.29 bits per heavy atom. The van der Waals surface area contributed by atoms with Crippen molar-refractivity contribution in [2.75, 3.05) is 19.6 Å². The molecule has 1 unspecified atom stereocenters. The summed E-state index contributed by atoms with van der Waals surface area (Å²) in [7, 11) is 0. The summed E-state index contributed by atoms with van der Waals surface area (Å²) < 4.78 is 5.14. The second-order valence-electron chi connectivity index (χ2n) is 6.53. The molecule has 0 aliphatic carbocycles. The highest BCUT2D eigenvalue weighted by molar-refractivity contribution is 5.76. The second kappa shape index (κ2) is 8.64. The molecule has 3 heterocycles. The number of carbonyl (C=O) groups is 1. The molecule has 1 fully saturated rings. The first kappa shape index (κ1) is 16.7. The molecule has 0 saturated carbocycles. The van der Waals surface area contributed by atoms with Crippen molar-refractivity contribution >= 4 is 5.91 Å². The van der Waals surface area contributed by atoms with Crippen LogP contribution in [-0.4, -0.2) is 35.4 Å². The number of aromatic nitrogens is 1. The molecule has 0 bridgehead atoms. The molecule has 1 aliphatic rings. The fourth-order valence-electron chi connectivity index (χ4n) is 3.26. The van der Waals surface area contributed by atoms with E-state index in [0.29, 0.717) is 12.3 Å². The van der Waals surface area contributed by atoms with Gasteiger partial charge >= 0.3 is 0 Å². The minimum Gasteiger partial charge on any atom is -0.472 e. The van der Waals surface area contributed by atoms with Crippen LogP contribution in [-0.2, 0) is 17.8 Å². The van der Waals surface area contributed by atoms with Crippen LogP contribution in [0.1, 0.15) is 30.4 Å². The number of likely N-dealkylation sites (tertiary alicyclic amines) is 1. The molecule has 5 nitrogen and oxygen atoms in total. The molecule has 3 rings (SSSR count). The molecule has 128 valence electrons. The predicted octanol–water partition coefficient (Wildman–Crippen LogP) is 2.64. The highest BCUT2D eigenvalue weighted by atomic mass is 16.3. The number of hydrogen-bond acceptors (Lipinski definition) is 4. The molecule has 1 aliphatic heterocycles. The number of furan rings is 1. The Bertz CT molecular complexity index is 613. The second-order valence-corrected chi connectivity index (χ2v) is 6.53. The summed E-state index contributed by atoms with van der Waals surface area (Å²) in [5, 5.41) is 3.10. The molecule has 1 amide bonds. The lowest BCUT2D eigenvalue weighted by molar-refractivity contribution is -0.121. The minimum absolute atomic E-state index is 0.138. The summed E-state index contributed by atoms with van der Waals surface area (Å²) >= 11 is 0. The molecule has 0 radical (unpaired) electrons. The Hall–Kier alpha value is -2.14. The zero-order valence-electron chi connectivity index (χ0n) is 14.0. The average molecular weight is 327 g/mol. The van der Waals surface area contributed by atoms with Crippen molar-refractivity contribution in [1.29, 1.82) is 0 Å². The molecule has 24 heavy (non-hydrogen) atoms. The van der Waals surface area contributed by atoms with Crippen LogP contribution in [0.15, 0.2) is 47.5 Å². The Balaban J connectivity index is 1.37. The fourth-order valence-corrected chi connectivity index (χ4v) is 3.26. The van der Waals surface area contributed by atoms with E-state index in [1.807, 2.05) is 24.5 Å². The molecule has 0 aromatic carbocycles. The van der Waals surface area contributed by atoms with Gasteiger partial charge in [0.2, 0.25) is 5.91 Å². The van der Waals surface area contributed by atoms with Gasteiger partial charge in [0.15, 0.2) is 0 Å². The summed E-state index contributed by atoms with van der Waals surface area (Å²) in [6.45, 7) is 3.87. The molecule has 2 aromatic rings.